The van der Waals surface area contributed by atoms with Crippen molar-refractivity contribution < 1.29 is 18.7 Å². The zero-order valence-electron chi connectivity index (χ0n) is 20.2. The van der Waals surface area contributed by atoms with E-state index < -0.39 is 0 Å². The van der Waals surface area contributed by atoms with Crippen molar-refractivity contribution in [2.24, 2.45) is 0 Å². The van der Waals surface area contributed by atoms with Crippen LogP contribution in [0.5, 0.6) is 11.5 Å². The highest BCUT2D eigenvalue weighted by Gasteiger charge is 2.31. The number of methoxy groups -OCH3 is 1. The van der Waals surface area contributed by atoms with Crippen LogP contribution in [0, 0.1) is 5.82 Å². The summed E-state index contributed by atoms with van der Waals surface area (Å²) >= 11 is 0. The first-order valence-corrected chi connectivity index (χ1v) is 12.1. The van der Waals surface area contributed by atoms with Gasteiger partial charge in [0.1, 0.15) is 23.9 Å². The molecule has 0 saturated carbocycles. The summed E-state index contributed by atoms with van der Waals surface area (Å²) in [4.78, 5) is 15.4. The van der Waals surface area contributed by atoms with E-state index in [0.717, 1.165) is 34.6 Å². The number of halogens is 1. The number of carbonyl (C=O) groups is 1. The Morgan fingerprint density at radius 1 is 0.889 bits per heavy atom. The highest BCUT2D eigenvalue weighted by atomic mass is 19.1. The first-order valence-electron chi connectivity index (χ1n) is 12.1. The van der Waals surface area contributed by atoms with Gasteiger partial charge < -0.3 is 14.4 Å². The number of benzene rings is 4. The van der Waals surface area contributed by atoms with E-state index in [1.807, 2.05) is 53.4 Å². The first kappa shape index (κ1) is 23.6. The Balaban J connectivity index is 1.38. The van der Waals surface area contributed by atoms with Crippen molar-refractivity contribution >= 4 is 5.91 Å². The zero-order chi connectivity index (χ0) is 24.9. The minimum absolute atomic E-state index is 0.0933. The van der Waals surface area contributed by atoms with Gasteiger partial charge in [-0.05, 0) is 83.6 Å². The molecule has 0 radical (unpaired) electrons. The van der Waals surface area contributed by atoms with Gasteiger partial charge in [0.05, 0.1) is 13.2 Å². The lowest BCUT2D eigenvalue weighted by atomic mass is 9.88. The Morgan fingerprint density at radius 3 is 2.33 bits per heavy atom. The Bertz CT molecular complexity index is 1320. The lowest BCUT2D eigenvalue weighted by Gasteiger charge is -2.38. The van der Waals surface area contributed by atoms with E-state index in [1.165, 1.54) is 17.7 Å². The van der Waals surface area contributed by atoms with Crippen LogP contribution < -0.4 is 9.47 Å². The number of carbonyl (C=O) groups excluding carboxylic acids is 1. The van der Waals surface area contributed by atoms with Gasteiger partial charge in [0.25, 0.3) is 5.91 Å². The molecule has 0 fully saturated rings. The summed E-state index contributed by atoms with van der Waals surface area (Å²) in [6.07, 6.45) is 1.40. The summed E-state index contributed by atoms with van der Waals surface area (Å²) < 4.78 is 24.8. The van der Waals surface area contributed by atoms with Gasteiger partial charge >= 0.3 is 0 Å². The molecule has 1 unspecified atom stereocenters. The third-order valence-corrected chi connectivity index (χ3v) is 6.66. The van der Waals surface area contributed by atoms with Crippen LogP contribution >= 0.6 is 0 Å². The average Bonchev–Trinajstić information content (AvgIpc) is 2.93. The van der Waals surface area contributed by atoms with E-state index in [-0.39, 0.29) is 17.8 Å². The fraction of sp³-hybridized carbons (Fsp3) is 0.194. The quantitative estimate of drug-likeness (QED) is 0.307. The highest BCUT2D eigenvalue weighted by Crippen LogP contribution is 2.35. The lowest BCUT2D eigenvalue weighted by molar-refractivity contribution is 0.0660. The number of hydrogen-bond acceptors (Lipinski definition) is 3. The molecule has 36 heavy (non-hydrogen) atoms. The van der Waals surface area contributed by atoms with Crippen LogP contribution in [-0.2, 0) is 19.4 Å². The predicted octanol–water partition coefficient (Wildman–Crippen LogP) is 6.40. The second kappa shape index (κ2) is 10.6. The topological polar surface area (TPSA) is 38.8 Å². The predicted molar refractivity (Wildman–Crippen MR) is 138 cm³/mol. The van der Waals surface area contributed by atoms with E-state index in [0.29, 0.717) is 25.1 Å². The van der Waals surface area contributed by atoms with Gasteiger partial charge in [-0.25, -0.2) is 4.39 Å². The summed E-state index contributed by atoms with van der Waals surface area (Å²) in [7, 11) is 1.66. The second-order valence-corrected chi connectivity index (χ2v) is 8.96. The largest absolute Gasteiger partial charge is 0.497 e. The summed E-state index contributed by atoms with van der Waals surface area (Å²) in [5.41, 5.74) is 5.01. The minimum atomic E-state index is -0.353. The molecular formula is C31H28FNO3. The number of ether oxygens (including phenoxy) is 2. The third kappa shape index (κ3) is 5.25. The molecule has 5 rings (SSSR count). The molecule has 0 aliphatic carbocycles. The standard InChI is InChI=1S/C31H28FNO3/c1-35-28-15-16-29-25(20-28)17-18-33(31(34)24-9-11-26(32)12-10-24)30(29)19-22-7-13-27(14-8-22)36-21-23-5-3-2-4-6-23/h2-16,20,30H,17-19,21H2,1H3. The van der Waals surface area contributed by atoms with Gasteiger partial charge in [-0.2, -0.15) is 0 Å². The summed E-state index contributed by atoms with van der Waals surface area (Å²) in [5, 5.41) is 0. The molecular weight excluding hydrogens is 453 g/mol. The van der Waals surface area contributed by atoms with Crippen molar-refractivity contribution in [1.82, 2.24) is 4.90 Å². The smallest absolute Gasteiger partial charge is 0.254 e. The van der Waals surface area contributed by atoms with Gasteiger partial charge in [-0.15, -0.1) is 0 Å². The van der Waals surface area contributed by atoms with E-state index in [1.54, 1.807) is 19.2 Å². The van der Waals surface area contributed by atoms with E-state index >= 15 is 0 Å². The Hall–Kier alpha value is -4.12. The molecule has 1 atom stereocenters. The van der Waals surface area contributed by atoms with Crippen LogP contribution in [0.25, 0.3) is 0 Å². The molecule has 0 N–H and O–H groups in total. The molecule has 0 bridgehead atoms. The van der Waals surface area contributed by atoms with Gasteiger partial charge in [-0.3, -0.25) is 4.79 Å². The Kier molecular flexibility index (Phi) is 6.99. The molecule has 1 aliphatic heterocycles. The Labute approximate surface area is 210 Å². The highest BCUT2D eigenvalue weighted by molar-refractivity contribution is 5.94. The molecule has 4 aromatic rings. The van der Waals surface area contributed by atoms with Crippen molar-refractivity contribution in [2.75, 3.05) is 13.7 Å². The molecule has 0 aromatic heterocycles. The number of rotatable bonds is 7. The molecule has 0 saturated heterocycles. The maximum absolute atomic E-state index is 13.5. The van der Waals surface area contributed by atoms with E-state index in [9.17, 15) is 9.18 Å². The van der Waals surface area contributed by atoms with Gasteiger partial charge in [0, 0.05) is 12.1 Å². The SMILES string of the molecule is COc1ccc2c(c1)CCN(C(=O)c1ccc(F)cc1)C2Cc1ccc(OCc2ccccc2)cc1. The van der Waals surface area contributed by atoms with Crippen LogP contribution in [0.2, 0.25) is 0 Å². The number of nitrogens with zero attached hydrogens (tertiary/aromatic N) is 1. The molecule has 1 heterocycles. The maximum atomic E-state index is 13.5. The monoisotopic (exact) mass is 481 g/mol. The fourth-order valence-electron chi connectivity index (χ4n) is 4.72. The zero-order valence-corrected chi connectivity index (χ0v) is 20.2. The van der Waals surface area contributed by atoms with Crippen molar-refractivity contribution in [3.8, 4) is 11.5 Å². The first-order chi connectivity index (χ1) is 17.6. The normalized spacial score (nSPS) is 14.7. The molecule has 4 aromatic carbocycles. The third-order valence-electron chi connectivity index (χ3n) is 6.66. The lowest BCUT2D eigenvalue weighted by Crippen LogP contribution is -2.41. The number of fused-ring (bicyclic) bond motifs is 1. The second-order valence-electron chi connectivity index (χ2n) is 8.96. The molecule has 1 amide bonds. The minimum Gasteiger partial charge on any atom is -0.497 e. The van der Waals surface area contributed by atoms with E-state index in [2.05, 4.69) is 24.3 Å². The average molecular weight is 482 g/mol. The molecule has 182 valence electrons. The summed E-state index contributed by atoms with van der Waals surface area (Å²) in [6, 6.07) is 29.8. The molecule has 1 aliphatic rings. The molecule has 4 nitrogen and oxygen atoms in total. The van der Waals surface area contributed by atoms with Crippen LogP contribution in [0.3, 0.4) is 0 Å². The van der Waals surface area contributed by atoms with Crippen LogP contribution in [0.1, 0.15) is 38.7 Å². The van der Waals surface area contributed by atoms with Crippen LogP contribution in [0.4, 0.5) is 4.39 Å². The molecule has 5 heteroatoms. The number of amides is 1. The summed E-state index contributed by atoms with van der Waals surface area (Å²) in [6.45, 7) is 1.09. The summed E-state index contributed by atoms with van der Waals surface area (Å²) in [5.74, 6) is 1.17. The van der Waals surface area contributed by atoms with Crippen LogP contribution in [0.15, 0.2) is 97.1 Å². The fourth-order valence-corrected chi connectivity index (χ4v) is 4.72. The maximum Gasteiger partial charge on any atom is 0.254 e. The van der Waals surface area contributed by atoms with Crippen molar-refractivity contribution in [1.29, 1.82) is 0 Å². The van der Waals surface area contributed by atoms with Gasteiger partial charge in [0.2, 0.25) is 0 Å². The van der Waals surface area contributed by atoms with Gasteiger partial charge in [0.15, 0.2) is 0 Å². The van der Waals surface area contributed by atoms with Crippen molar-refractivity contribution in [3.63, 3.8) is 0 Å². The Morgan fingerprint density at radius 2 is 1.61 bits per heavy atom. The van der Waals surface area contributed by atoms with Crippen molar-refractivity contribution in [3.05, 3.63) is 131 Å². The van der Waals surface area contributed by atoms with Gasteiger partial charge in [-0.1, -0.05) is 48.5 Å². The number of hydrogen-bond donors (Lipinski definition) is 0. The van der Waals surface area contributed by atoms with Crippen LogP contribution in [-0.4, -0.2) is 24.5 Å². The van der Waals surface area contributed by atoms with Crippen molar-refractivity contribution in [2.45, 2.75) is 25.5 Å². The molecule has 0 spiro atoms. The van der Waals surface area contributed by atoms with E-state index in [4.69, 9.17) is 9.47 Å².